The average molecular weight is 310 g/mol. The lowest BCUT2D eigenvalue weighted by Crippen LogP contribution is -2.06. The zero-order valence-electron chi connectivity index (χ0n) is 10.0. The number of nitrogens with one attached hydrogen (secondary N) is 1. The Hall–Kier alpha value is -1.69. The topological polar surface area (TPSA) is 67.9 Å². The number of benzene rings is 1. The van der Waals surface area contributed by atoms with E-state index >= 15 is 0 Å². The maximum absolute atomic E-state index is 11.5. The Balaban J connectivity index is 2.35. The molecule has 0 amide bonds. The van der Waals surface area contributed by atoms with E-state index in [9.17, 15) is 4.79 Å². The second-order valence-corrected chi connectivity index (χ2v) is 4.46. The molecule has 0 aliphatic carbocycles. The van der Waals surface area contributed by atoms with Gasteiger partial charge in [-0.15, -0.1) is 0 Å². The van der Waals surface area contributed by atoms with Crippen molar-refractivity contribution in [1.29, 1.82) is 0 Å². The van der Waals surface area contributed by atoms with E-state index in [4.69, 9.17) is 4.74 Å². The predicted molar refractivity (Wildman–Crippen MR) is 70.2 cm³/mol. The van der Waals surface area contributed by atoms with Gasteiger partial charge < -0.3 is 4.74 Å². The van der Waals surface area contributed by atoms with E-state index in [2.05, 4.69) is 31.1 Å². The number of nitrogens with zero attached hydrogens (tertiary/aromatic N) is 2. The number of ether oxygens (including phenoxy) is 1. The first kappa shape index (κ1) is 12.8. The standard InChI is InChI=1S/C12H12BrN3O2/c1-3-18-12(17)11-14-10(15-16-11)8-6-4-5-7(2)9(8)13/h4-6H,3H2,1-2H3,(H,14,15,16). The van der Waals surface area contributed by atoms with Crippen molar-refractivity contribution in [3.05, 3.63) is 34.1 Å². The molecule has 0 atom stereocenters. The summed E-state index contributed by atoms with van der Waals surface area (Å²) in [5.41, 5.74) is 1.91. The molecular weight excluding hydrogens is 298 g/mol. The number of aromatic nitrogens is 3. The number of hydrogen-bond acceptors (Lipinski definition) is 4. The molecule has 2 aromatic rings. The van der Waals surface area contributed by atoms with Crippen molar-refractivity contribution < 1.29 is 9.53 Å². The van der Waals surface area contributed by atoms with Crippen LogP contribution in [0.3, 0.4) is 0 Å². The van der Waals surface area contributed by atoms with Crippen LogP contribution in [0.15, 0.2) is 22.7 Å². The molecular formula is C12H12BrN3O2. The van der Waals surface area contributed by atoms with Crippen LogP contribution in [0.1, 0.15) is 23.1 Å². The Kier molecular flexibility index (Phi) is 3.76. The molecule has 0 saturated heterocycles. The van der Waals surface area contributed by atoms with Crippen molar-refractivity contribution >= 4 is 21.9 Å². The van der Waals surface area contributed by atoms with Crippen molar-refractivity contribution in [2.45, 2.75) is 13.8 Å². The lowest BCUT2D eigenvalue weighted by Gasteiger charge is -2.02. The van der Waals surface area contributed by atoms with Crippen LogP contribution in [0.25, 0.3) is 11.4 Å². The van der Waals surface area contributed by atoms with Crippen molar-refractivity contribution in [3.8, 4) is 11.4 Å². The zero-order valence-corrected chi connectivity index (χ0v) is 11.6. The smallest absolute Gasteiger partial charge is 0.375 e. The van der Waals surface area contributed by atoms with E-state index in [-0.39, 0.29) is 5.82 Å². The molecule has 0 radical (unpaired) electrons. The molecule has 1 aromatic carbocycles. The van der Waals surface area contributed by atoms with Crippen LogP contribution < -0.4 is 0 Å². The Morgan fingerprint density at radius 2 is 2.28 bits per heavy atom. The van der Waals surface area contributed by atoms with Gasteiger partial charge >= 0.3 is 5.97 Å². The summed E-state index contributed by atoms with van der Waals surface area (Å²) >= 11 is 3.48. The van der Waals surface area contributed by atoms with E-state index in [1.807, 2.05) is 25.1 Å². The van der Waals surface area contributed by atoms with Crippen LogP contribution in [0, 0.1) is 6.92 Å². The third-order valence-electron chi connectivity index (χ3n) is 2.39. The fourth-order valence-electron chi connectivity index (χ4n) is 1.49. The van der Waals surface area contributed by atoms with Gasteiger partial charge in [-0.2, -0.15) is 5.10 Å². The number of halogens is 1. The first-order chi connectivity index (χ1) is 8.63. The molecule has 0 bridgehead atoms. The second-order valence-electron chi connectivity index (χ2n) is 3.66. The lowest BCUT2D eigenvalue weighted by molar-refractivity contribution is 0.0512. The molecule has 5 nitrogen and oxygen atoms in total. The third-order valence-corrected chi connectivity index (χ3v) is 3.44. The maximum atomic E-state index is 11.5. The van der Waals surface area contributed by atoms with E-state index in [1.165, 1.54) is 0 Å². The van der Waals surface area contributed by atoms with E-state index in [1.54, 1.807) is 6.92 Å². The lowest BCUT2D eigenvalue weighted by atomic mass is 10.1. The Morgan fingerprint density at radius 1 is 1.50 bits per heavy atom. The predicted octanol–water partition coefficient (Wildman–Crippen LogP) is 2.72. The van der Waals surface area contributed by atoms with Crippen LogP contribution in [0.5, 0.6) is 0 Å². The fourth-order valence-corrected chi connectivity index (χ4v) is 1.93. The van der Waals surface area contributed by atoms with Gasteiger partial charge in [0, 0.05) is 10.0 Å². The quantitative estimate of drug-likeness (QED) is 0.885. The minimum Gasteiger partial charge on any atom is -0.460 e. The van der Waals surface area contributed by atoms with Crippen LogP contribution in [0.2, 0.25) is 0 Å². The molecule has 0 aliphatic heterocycles. The van der Waals surface area contributed by atoms with Crippen LogP contribution in [-0.2, 0) is 4.74 Å². The van der Waals surface area contributed by atoms with Gasteiger partial charge in [-0.3, -0.25) is 5.10 Å². The monoisotopic (exact) mass is 309 g/mol. The summed E-state index contributed by atoms with van der Waals surface area (Å²) in [6.45, 7) is 4.03. The molecule has 0 spiro atoms. The summed E-state index contributed by atoms with van der Waals surface area (Å²) in [5, 5.41) is 6.60. The Morgan fingerprint density at radius 3 is 3.00 bits per heavy atom. The number of esters is 1. The first-order valence-corrected chi connectivity index (χ1v) is 6.27. The van der Waals surface area contributed by atoms with Crippen LogP contribution in [-0.4, -0.2) is 27.8 Å². The maximum Gasteiger partial charge on any atom is 0.375 e. The number of aryl methyl sites for hydroxylation is 1. The van der Waals surface area contributed by atoms with Gasteiger partial charge in [-0.25, -0.2) is 9.78 Å². The van der Waals surface area contributed by atoms with Gasteiger partial charge in [-0.05, 0) is 41.4 Å². The van der Waals surface area contributed by atoms with Gasteiger partial charge in [0.25, 0.3) is 0 Å². The third kappa shape index (κ3) is 2.43. The average Bonchev–Trinajstić information content (AvgIpc) is 2.82. The minimum absolute atomic E-state index is 0.111. The van der Waals surface area contributed by atoms with Crippen LogP contribution in [0.4, 0.5) is 0 Å². The first-order valence-electron chi connectivity index (χ1n) is 5.48. The molecule has 6 heteroatoms. The molecule has 0 aliphatic rings. The summed E-state index contributed by atoms with van der Waals surface area (Å²) in [6, 6.07) is 5.78. The normalized spacial score (nSPS) is 10.4. The molecule has 0 saturated carbocycles. The van der Waals surface area contributed by atoms with E-state index < -0.39 is 5.97 Å². The highest BCUT2D eigenvalue weighted by atomic mass is 79.9. The number of carbonyl (C=O) groups is 1. The highest BCUT2D eigenvalue weighted by molar-refractivity contribution is 9.10. The van der Waals surface area contributed by atoms with Gasteiger partial charge in [0.05, 0.1) is 6.61 Å². The van der Waals surface area contributed by atoms with Crippen molar-refractivity contribution in [2.24, 2.45) is 0 Å². The Labute approximate surface area is 113 Å². The minimum atomic E-state index is -0.500. The Bertz CT molecular complexity index is 580. The van der Waals surface area contributed by atoms with Crippen molar-refractivity contribution in [2.75, 3.05) is 6.61 Å². The molecule has 94 valence electrons. The molecule has 0 unspecified atom stereocenters. The highest BCUT2D eigenvalue weighted by Gasteiger charge is 2.15. The molecule has 0 fully saturated rings. The van der Waals surface area contributed by atoms with E-state index in [0.717, 1.165) is 15.6 Å². The zero-order chi connectivity index (χ0) is 13.1. The van der Waals surface area contributed by atoms with Gasteiger partial charge in [-0.1, -0.05) is 12.1 Å². The number of aromatic amines is 1. The SMILES string of the molecule is CCOC(=O)c1nc(-c2cccc(C)c2Br)n[nH]1. The number of hydrogen-bond donors (Lipinski definition) is 1. The fraction of sp³-hybridized carbons (Fsp3) is 0.250. The largest absolute Gasteiger partial charge is 0.460 e. The highest BCUT2D eigenvalue weighted by Crippen LogP contribution is 2.28. The summed E-state index contributed by atoms with van der Waals surface area (Å²) in [6.07, 6.45) is 0. The van der Waals surface area contributed by atoms with Gasteiger partial charge in [0.15, 0.2) is 5.82 Å². The molecule has 2 rings (SSSR count). The number of H-pyrrole nitrogens is 1. The molecule has 1 heterocycles. The summed E-state index contributed by atoms with van der Waals surface area (Å²) < 4.78 is 5.76. The number of carbonyl (C=O) groups excluding carboxylic acids is 1. The second kappa shape index (κ2) is 5.30. The van der Waals surface area contributed by atoms with Crippen molar-refractivity contribution in [1.82, 2.24) is 15.2 Å². The number of rotatable bonds is 3. The molecule has 1 aromatic heterocycles. The summed E-state index contributed by atoms with van der Waals surface area (Å²) in [4.78, 5) is 15.6. The van der Waals surface area contributed by atoms with Crippen LogP contribution >= 0.6 is 15.9 Å². The summed E-state index contributed by atoms with van der Waals surface area (Å²) in [7, 11) is 0. The van der Waals surface area contributed by atoms with E-state index in [0.29, 0.717) is 12.4 Å². The molecule has 18 heavy (non-hydrogen) atoms. The molecule has 1 N–H and O–H groups in total. The summed E-state index contributed by atoms with van der Waals surface area (Å²) in [5.74, 6) is 0.0777. The van der Waals surface area contributed by atoms with Gasteiger partial charge in [0.1, 0.15) is 0 Å². The van der Waals surface area contributed by atoms with Crippen molar-refractivity contribution in [3.63, 3.8) is 0 Å². The van der Waals surface area contributed by atoms with Gasteiger partial charge in [0.2, 0.25) is 5.82 Å².